The normalized spacial score (nSPS) is 19.6. The fourth-order valence-corrected chi connectivity index (χ4v) is 3.88. The van der Waals surface area contributed by atoms with Gasteiger partial charge < -0.3 is 10.4 Å². The fourth-order valence-electron chi connectivity index (χ4n) is 3.88. The van der Waals surface area contributed by atoms with Crippen LogP contribution in [0.1, 0.15) is 60.3 Å². The smallest absolute Gasteiger partial charge is 0.303 e. The van der Waals surface area contributed by atoms with Gasteiger partial charge in [-0.25, -0.2) is 0 Å². The van der Waals surface area contributed by atoms with E-state index in [0.29, 0.717) is 12.1 Å². The molecule has 0 radical (unpaired) electrons. The number of aryl methyl sites for hydroxylation is 1. The second-order valence-electron chi connectivity index (χ2n) is 7.36. The lowest BCUT2D eigenvalue weighted by atomic mass is 9.81. The molecule has 1 saturated carbocycles. The first-order valence-corrected chi connectivity index (χ1v) is 9.62. The zero-order valence-corrected chi connectivity index (χ0v) is 15.7. The molecular weight excluding hydrogens is 342 g/mol. The van der Waals surface area contributed by atoms with Crippen LogP contribution in [0.5, 0.6) is 0 Å². The number of carbonyl (C=O) groups excluding carboxylic acids is 1. The number of hydrogen-bond donors (Lipinski definition) is 2. The average molecular weight is 369 g/mol. The first-order valence-electron chi connectivity index (χ1n) is 9.62. The SMILES string of the molecule is Cn1nc(C(=O)NC2CCCCC2CCC(=O)O)cc1Cc1ccccc1. The summed E-state index contributed by atoms with van der Waals surface area (Å²) >= 11 is 0. The van der Waals surface area contributed by atoms with Gasteiger partial charge in [-0.15, -0.1) is 0 Å². The topological polar surface area (TPSA) is 84.2 Å². The fraction of sp³-hybridized carbons (Fsp3) is 0.476. The predicted octanol–water partition coefficient (Wildman–Crippen LogP) is 3.16. The third-order valence-corrected chi connectivity index (χ3v) is 5.39. The number of nitrogens with one attached hydrogen (secondary N) is 1. The number of aromatic nitrogens is 2. The van der Waals surface area contributed by atoms with E-state index in [4.69, 9.17) is 5.11 Å². The van der Waals surface area contributed by atoms with Gasteiger partial charge in [0.25, 0.3) is 5.91 Å². The Morgan fingerprint density at radius 1 is 1.22 bits per heavy atom. The molecule has 1 heterocycles. The highest BCUT2D eigenvalue weighted by molar-refractivity contribution is 5.92. The Bertz CT molecular complexity index is 785. The number of amides is 1. The van der Waals surface area contributed by atoms with Crippen molar-refractivity contribution in [1.29, 1.82) is 0 Å². The van der Waals surface area contributed by atoms with Gasteiger partial charge in [0.2, 0.25) is 0 Å². The van der Waals surface area contributed by atoms with E-state index < -0.39 is 5.97 Å². The van der Waals surface area contributed by atoms with Crippen molar-refractivity contribution in [1.82, 2.24) is 15.1 Å². The van der Waals surface area contributed by atoms with E-state index in [-0.39, 0.29) is 24.3 Å². The molecule has 2 N–H and O–H groups in total. The number of carboxylic acid groups (broad SMARTS) is 1. The molecule has 0 bridgehead atoms. The van der Waals surface area contributed by atoms with E-state index in [9.17, 15) is 9.59 Å². The van der Waals surface area contributed by atoms with Crippen LogP contribution in [0, 0.1) is 5.92 Å². The maximum atomic E-state index is 12.7. The van der Waals surface area contributed by atoms with Crippen LogP contribution in [0.3, 0.4) is 0 Å². The number of carbonyl (C=O) groups is 2. The molecule has 6 nitrogen and oxygen atoms in total. The lowest BCUT2D eigenvalue weighted by molar-refractivity contribution is -0.137. The molecule has 144 valence electrons. The molecule has 3 rings (SSSR count). The van der Waals surface area contributed by atoms with Gasteiger partial charge >= 0.3 is 5.97 Å². The average Bonchev–Trinajstić information content (AvgIpc) is 3.02. The van der Waals surface area contributed by atoms with Gasteiger partial charge in [-0.05, 0) is 36.8 Å². The van der Waals surface area contributed by atoms with E-state index in [1.54, 1.807) is 4.68 Å². The summed E-state index contributed by atoms with van der Waals surface area (Å²) in [4.78, 5) is 23.6. The van der Waals surface area contributed by atoms with Gasteiger partial charge in [0.05, 0.1) is 0 Å². The van der Waals surface area contributed by atoms with E-state index >= 15 is 0 Å². The van der Waals surface area contributed by atoms with Crippen molar-refractivity contribution in [3.63, 3.8) is 0 Å². The number of aliphatic carboxylic acids is 1. The molecule has 1 fully saturated rings. The molecule has 1 amide bonds. The quantitative estimate of drug-likeness (QED) is 0.785. The molecule has 2 atom stereocenters. The molecule has 27 heavy (non-hydrogen) atoms. The Kier molecular flexibility index (Phi) is 6.27. The van der Waals surface area contributed by atoms with Crippen LogP contribution >= 0.6 is 0 Å². The summed E-state index contributed by atoms with van der Waals surface area (Å²) in [6.07, 6.45) is 5.53. The second-order valence-corrected chi connectivity index (χ2v) is 7.36. The lowest BCUT2D eigenvalue weighted by Gasteiger charge is -2.31. The van der Waals surface area contributed by atoms with Gasteiger partial charge in [-0.1, -0.05) is 43.2 Å². The molecular formula is C21H27N3O3. The summed E-state index contributed by atoms with van der Waals surface area (Å²) in [5.74, 6) is -0.718. The van der Waals surface area contributed by atoms with Crippen LogP contribution < -0.4 is 5.32 Å². The Morgan fingerprint density at radius 2 is 1.96 bits per heavy atom. The van der Waals surface area contributed by atoms with Crippen molar-refractivity contribution < 1.29 is 14.7 Å². The van der Waals surface area contributed by atoms with Crippen LogP contribution in [-0.2, 0) is 18.3 Å². The van der Waals surface area contributed by atoms with Crippen molar-refractivity contribution in [3.8, 4) is 0 Å². The highest BCUT2D eigenvalue weighted by atomic mass is 16.4. The largest absolute Gasteiger partial charge is 0.481 e. The van der Waals surface area contributed by atoms with Crippen LogP contribution in [0.4, 0.5) is 0 Å². The van der Waals surface area contributed by atoms with Crippen LogP contribution in [0.2, 0.25) is 0 Å². The molecule has 1 aromatic carbocycles. The van der Waals surface area contributed by atoms with E-state index in [1.165, 1.54) is 5.56 Å². The second kappa shape index (κ2) is 8.84. The summed E-state index contributed by atoms with van der Waals surface area (Å²) in [6, 6.07) is 12.0. The number of benzene rings is 1. The Labute approximate surface area is 159 Å². The standard InChI is InChI=1S/C21H27N3O3/c1-24-17(13-15-7-3-2-4-8-15)14-19(23-24)21(27)22-18-10-6-5-9-16(18)11-12-20(25)26/h2-4,7-8,14,16,18H,5-6,9-13H2,1H3,(H,22,27)(H,25,26). The van der Waals surface area contributed by atoms with Crippen molar-refractivity contribution >= 4 is 11.9 Å². The van der Waals surface area contributed by atoms with Crippen LogP contribution in [0.25, 0.3) is 0 Å². The maximum Gasteiger partial charge on any atom is 0.303 e. The molecule has 6 heteroatoms. The van der Waals surface area contributed by atoms with Gasteiger partial charge in [0.1, 0.15) is 5.69 Å². The Hall–Kier alpha value is -2.63. The highest BCUT2D eigenvalue weighted by Gasteiger charge is 2.28. The van der Waals surface area contributed by atoms with Gasteiger partial charge in [0, 0.05) is 31.6 Å². The maximum absolute atomic E-state index is 12.7. The van der Waals surface area contributed by atoms with Gasteiger partial charge in [-0.2, -0.15) is 5.10 Å². The summed E-state index contributed by atoms with van der Waals surface area (Å²) in [6.45, 7) is 0. The molecule has 2 aromatic rings. The number of nitrogens with zero attached hydrogens (tertiary/aromatic N) is 2. The number of carboxylic acids is 1. The third-order valence-electron chi connectivity index (χ3n) is 5.39. The van der Waals surface area contributed by atoms with Crippen molar-refractivity contribution in [2.24, 2.45) is 13.0 Å². The molecule has 1 aliphatic rings. The lowest BCUT2D eigenvalue weighted by Crippen LogP contribution is -2.42. The van der Waals surface area contributed by atoms with Crippen molar-refractivity contribution in [2.45, 2.75) is 51.0 Å². The summed E-state index contributed by atoms with van der Waals surface area (Å²) in [5.41, 5.74) is 2.58. The predicted molar refractivity (Wildman–Crippen MR) is 103 cm³/mol. The molecule has 0 aliphatic heterocycles. The zero-order chi connectivity index (χ0) is 19.2. The number of hydrogen-bond acceptors (Lipinski definition) is 3. The summed E-state index contributed by atoms with van der Waals surface area (Å²) < 4.78 is 1.75. The van der Waals surface area contributed by atoms with Gasteiger partial charge in [-0.3, -0.25) is 14.3 Å². The van der Waals surface area contributed by atoms with Crippen LogP contribution in [0.15, 0.2) is 36.4 Å². The Morgan fingerprint density at radius 3 is 2.70 bits per heavy atom. The van der Waals surface area contributed by atoms with Gasteiger partial charge in [0.15, 0.2) is 0 Å². The Balaban J connectivity index is 1.64. The summed E-state index contributed by atoms with van der Waals surface area (Å²) in [7, 11) is 1.85. The van der Waals surface area contributed by atoms with Crippen molar-refractivity contribution in [2.75, 3.05) is 0 Å². The van der Waals surface area contributed by atoms with Crippen molar-refractivity contribution in [3.05, 3.63) is 53.3 Å². The minimum absolute atomic E-state index is 0.0326. The molecule has 1 aliphatic carbocycles. The minimum atomic E-state index is -0.777. The molecule has 0 spiro atoms. The van der Waals surface area contributed by atoms with E-state index in [2.05, 4.69) is 22.5 Å². The zero-order valence-electron chi connectivity index (χ0n) is 15.7. The van der Waals surface area contributed by atoms with E-state index in [1.807, 2.05) is 31.3 Å². The first-order chi connectivity index (χ1) is 13.0. The molecule has 0 saturated heterocycles. The minimum Gasteiger partial charge on any atom is -0.481 e. The number of rotatable bonds is 7. The monoisotopic (exact) mass is 369 g/mol. The highest BCUT2D eigenvalue weighted by Crippen LogP contribution is 2.28. The first kappa shape index (κ1) is 19.1. The summed E-state index contributed by atoms with van der Waals surface area (Å²) in [5, 5.41) is 16.4. The third kappa shape index (κ3) is 5.18. The molecule has 2 unspecified atom stereocenters. The molecule has 1 aromatic heterocycles. The van der Waals surface area contributed by atoms with Crippen LogP contribution in [-0.4, -0.2) is 32.8 Å². The van der Waals surface area contributed by atoms with E-state index in [0.717, 1.165) is 37.8 Å².